The van der Waals surface area contributed by atoms with Gasteiger partial charge in [-0.25, -0.2) is 0 Å². The van der Waals surface area contributed by atoms with Crippen molar-refractivity contribution in [1.82, 2.24) is 15.1 Å². The molecule has 2 N–H and O–H groups in total. The van der Waals surface area contributed by atoms with Gasteiger partial charge in [-0.1, -0.05) is 12.1 Å². The standard InChI is InChI=1S/C17H18F3N3O4/c1-23-12(8-9-21-23)4-7-15(24)22-14(10-16(25)26)11-2-5-13(6-3-11)27-17(18,19)20/h2-3,5-6,8-9,14H,4,7,10H2,1H3,(H,22,24)(H,25,26). The Kier molecular flexibility index (Phi) is 6.43. The number of aliphatic carboxylic acids is 1. The molecule has 1 aromatic carbocycles. The lowest BCUT2D eigenvalue weighted by atomic mass is 10.0. The Morgan fingerprint density at radius 2 is 1.93 bits per heavy atom. The molecule has 10 heteroatoms. The number of rotatable bonds is 8. The zero-order valence-electron chi connectivity index (χ0n) is 14.4. The van der Waals surface area contributed by atoms with E-state index >= 15 is 0 Å². The van der Waals surface area contributed by atoms with Gasteiger partial charge in [0.2, 0.25) is 5.91 Å². The molecule has 1 unspecified atom stereocenters. The molecule has 0 spiro atoms. The fraction of sp³-hybridized carbons (Fsp3) is 0.353. The Morgan fingerprint density at radius 3 is 2.44 bits per heavy atom. The van der Waals surface area contributed by atoms with Crippen LogP contribution in [0.3, 0.4) is 0 Å². The number of alkyl halides is 3. The second-order valence-corrected chi connectivity index (χ2v) is 5.78. The molecule has 2 aromatic rings. The molecule has 0 fully saturated rings. The van der Waals surface area contributed by atoms with Crippen LogP contribution < -0.4 is 10.1 Å². The first-order chi connectivity index (χ1) is 12.6. The highest BCUT2D eigenvalue weighted by molar-refractivity contribution is 5.78. The second-order valence-electron chi connectivity index (χ2n) is 5.78. The molecule has 0 aliphatic carbocycles. The smallest absolute Gasteiger partial charge is 0.481 e. The quantitative estimate of drug-likeness (QED) is 0.729. The molecular weight excluding hydrogens is 367 g/mol. The van der Waals surface area contributed by atoms with E-state index in [0.29, 0.717) is 12.0 Å². The van der Waals surface area contributed by atoms with Gasteiger partial charge in [-0.05, 0) is 30.2 Å². The summed E-state index contributed by atoms with van der Waals surface area (Å²) in [6, 6.07) is 5.61. The number of aromatic nitrogens is 2. The van der Waals surface area contributed by atoms with E-state index in [2.05, 4.69) is 15.2 Å². The Labute approximate surface area is 152 Å². The van der Waals surface area contributed by atoms with E-state index in [0.717, 1.165) is 17.8 Å². The zero-order chi connectivity index (χ0) is 20.0. The van der Waals surface area contributed by atoms with Crippen LogP contribution in [-0.2, 0) is 23.1 Å². The topological polar surface area (TPSA) is 93.5 Å². The Bertz CT molecular complexity index is 787. The van der Waals surface area contributed by atoms with Crippen molar-refractivity contribution in [3.8, 4) is 5.75 Å². The number of benzene rings is 1. The molecule has 7 nitrogen and oxygen atoms in total. The van der Waals surface area contributed by atoms with Crippen LogP contribution in [0.25, 0.3) is 0 Å². The number of nitrogens with one attached hydrogen (secondary N) is 1. The van der Waals surface area contributed by atoms with Crippen molar-refractivity contribution < 1.29 is 32.6 Å². The van der Waals surface area contributed by atoms with Gasteiger partial charge in [0.15, 0.2) is 0 Å². The van der Waals surface area contributed by atoms with Gasteiger partial charge in [-0.15, -0.1) is 13.2 Å². The van der Waals surface area contributed by atoms with Gasteiger partial charge < -0.3 is 15.2 Å². The third kappa shape index (κ3) is 6.65. The summed E-state index contributed by atoms with van der Waals surface area (Å²) in [5.41, 5.74) is 1.20. The summed E-state index contributed by atoms with van der Waals surface area (Å²) < 4.78 is 42.0. The van der Waals surface area contributed by atoms with Crippen molar-refractivity contribution in [3.63, 3.8) is 0 Å². The minimum absolute atomic E-state index is 0.116. The number of amides is 1. The lowest BCUT2D eigenvalue weighted by molar-refractivity contribution is -0.274. The summed E-state index contributed by atoms with van der Waals surface area (Å²) in [5.74, 6) is -1.96. The SMILES string of the molecule is Cn1nccc1CCC(=O)NC(CC(=O)O)c1ccc(OC(F)(F)F)cc1. The van der Waals surface area contributed by atoms with Crippen LogP contribution in [0.1, 0.15) is 30.1 Å². The molecule has 0 radical (unpaired) electrons. The third-order valence-corrected chi connectivity index (χ3v) is 3.76. The zero-order valence-corrected chi connectivity index (χ0v) is 14.4. The number of hydrogen-bond acceptors (Lipinski definition) is 4. The monoisotopic (exact) mass is 385 g/mol. The molecular formula is C17H18F3N3O4. The van der Waals surface area contributed by atoms with Crippen molar-refractivity contribution in [2.24, 2.45) is 7.05 Å². The van der Waals surface area contributed by atoms with E-state index in [1.807, 2.05) is 0 Å². The van der Waals surface area contributed by atoms with Crippen molar-refractivity contribution in [1.29, 1.82) is 0 Å². The van der Waals surface area contributed by atoms with E-state index in [1.165, 1.54) is 12.1 Å². The van der Waals surface area contributed by atoms with E-state index < -0.39 is 30.5 Å². The molecule has 0 bridgehead atoms. The van der Waals surface area contributed by atoms with Gasteiger partial charge in [0.05, 0.1) is 12.5 Å². The molecule has 0 aliphatic heterocycles. The van der Waals surface area contributed by atoms with Crippen LogP contribution in [0, 0.1) is 0 Å². The first-order valence-electron chi connectivity index (χ1n) is 7.98. The van der Waals surface area contributed by atoms with Crippen LogP contribution in [-0.4, -0.2) is 33.1 Å². The minimum atomic E-state index is -4.82. The summed E-state index contributed by atoms with van der Waals surface area (Å²) in [6.45, 7) is 0. The number of ether oxygens (including phenoxy) is 1. The molecule has 1 heterocycles. The number of carboxylic acid groups (broad SMARTS) is 1. The average molecular weight is 385 g/mol. The first-order valence-corrected chi connectivity index (χ1v) is 7.98. The summed E-state index contributed by atoms with van der Waals surface area (Å²) in [4.78, 5) is 23.2. The number of carbonyl (C=O) groups is 2. The number of hydrogen-bond donors (Lipinski definition) is 2. The summed E-state index contributed by atoms with van der Waals surface area (Å²) in [5, 5.41) is 15.6. The summed E-state index contributed by atoms with van der Waals surface area (Å²) in [7, 11) is 1.74. The van der Waals surface area contributed by atoms with Crippen molar-refractivity contribution in [2.75, 3.05) is 0 Å². The maximum Gasteiger partial charge on any atom is 0.573 e. The van der Waals surface area contributed by atoms with Crippen LogP contribution in [0.4, 0.5) is 13.2 Å². The molecule has 27 heavy (non-hydrogen) atoms. The van der Waals surface area contributed by atoms with Crippen LogP contribution in [0.2, 0.25) is 0 Å². The van der Waals surface area contributed by atoms with E-state index in [1.54, 1.807) is 24.0 Å². The van der Waals surface area contributed by atoms with Crippen molar-refractivity contribution in [3.05, 3.63) is 47.8 Å². The summed E-state index contributed by atoms with van der Waals surface area (Å²) in [6.07, 6.45) is -3.09. The highest BCUT2D eigenvalue weighted by atomic mass is 19.4. The van der Waals surface area contributed by atoms with E-state index in [4.69, 9.17) is 5.11 Å². The molecule has 0 saturated carbocycles. The van der Waals surface area contributed by atoms with Crippen molar-refractivity contribution >= 4 is 11.9 Å². The van der Waals surface area contributed by atoms with Gasteiger partial charge in [-0.3, -0.25) is 14.3 Å². The highest BCUT2D eigenvalue weighted by Crippen LogP contribution is 2.25. The van der Waals surface area contributed by atoms with Crippen LogP contribution in [0.15, 0.2) is 36.5 Å². The van der Waals surface area contributed by atoms with Gasteiger partial charge >= 0.3 is 12.3 Å². The van der Waals surface area contributed by atoms with Crippen LogP contribution >= 0.6 is 0 Å². The molecule has 1 amide bonds. The van der Waals surface area contributed by atoms with E-state index in [9.17, 15) is 22.8 Å². The second kappa shape index (κ2) is 8.56. The lowest BCUT2D eigenvalue weighted by Gasteiger charge is -2.18. The largest absolute Gasteiger partial charge is 0.573 e. The number of carboxylic acids is 1. The van der Waals surface area contributed by atoms with Crippen molar-refractivity contribution in [2.45, 2.75) is 31.7 Å². The molecule has 0 saturated heterocycles. The predicted molar refractivity (Wildman–Crippen MR) is 87.8 cm³/mol. The van der Waals surface area contributed by atoms with Gasteiger partial charge in [-0.2, -0.15) is 5.10 Å². The normalized spacial score (nSPS) is 12.4. The number of carbonyl (C=O) groups excluding carboxylic acids is 1. The maximum absolute atomic E-state index is 12.2. The van der Waals surface area contributed by atoms with E-state index in [-0.39, 0.29) is 12.3 Å². The fourth-order valence-corrected chi connectivity index (χ4v) is 2.48. The Hall–Kier alpha value is -3.04. The molecule has 1 aromatic heterocycles. The van der Waals surface area contributed by atoms with Gasteiger partial charge in [0, 0.05) is 25.4 Å². The summed E-state index contributed by atoms with van der Waals surface area (Å²) >= 11 is 0. The molecule has 0 aliphatic rings. The maximum atomic E-state index is 12.2. The Morgan fingerprint density at radius 1 is 1.26 bits per heavy atom. The van der Waals surface area contributed by atoms with Crippen LogP contribution in [0.5, 0.6) is 5.75 Å². The highest BCUT2D eigenvalue weighted by Gasteiger charge is 2.31. The molecule has 146 valence electrons. The fourth-order valence-electron chi connectivity index (χ4n) is 2.48. The minimum Gasteiger partial charge on any atom is -0.481 e. The first kappa shape index (κ1) is 20.3. The van der Waals surface area contributed by atoms with Gasteiger partial charge in [0.1, 0.15) is 5.75 Å². The molecule has 1 atom stereocenters. The predicted octanol–water partition coefficient (Wildman–Crippen LogP) is 2.58. The lowest BCUT2D eigenvalue weighted by Crippen LogP contribution is -2.30. The molecule has 2 rings (SSSR count). The number of halogens is 3. The van der Waals surface area contributed by atoms with Gasteiger partial charge in [0.25, 0.3) is 0 Å². The third-order valence-electron chi connectivity index (χ3n) is 3.76. The Balaban J connectivity index is 2.02. The number of aryl methyl sites for hydroxylation is 2. The number of nitrogens with zero attached hydrogens (tertiary/aromatic N) is 2. The average Bonchev–Trinajstić information content (AvgIpc) is 2.96.